The molecule has 98 valence electrons. The largest absolute Gasteiger partial charge is 0.497 e. The molecule has 0 aromatic heterocycles. The molecule has 2 N–H and O–H groups in total. The topological polar surface area (TPSA) is 61.5 Å². The highest BCUT2D eigenvalue weighted by Gasteiger charge is 2.09. The number of amides is 1. The van der Waals surface area contributed by atoms with E-state index < -0.39 is 5.91 Å². The quantitative estimate of drug-likeness (QED) is 0.915. The smallest absolute Gasteiger partial charge is 0.248 e. The summed E-state index contributed by atoms with van der Waals surface area (Å²) in [4.78, 5) is 11.2. The van der Waals surface area contributed by atoms with Gasteiger partial charge in [0.15, 0.2) is 0 Å². The Morgan fingerprint density at radius 1 is 1.05 bits per heavy atom. The van der Waals surface area contributed by atoms with E-state index >= 15 is 0 Å². The second-order valence-electron chi connectivity index (χ2n) is 4.01. The molecular formula is C15H15NO3. The van der Waals surface area contributed by atoms with E-state index in [9.17, 15) is 4.79 Å². The molecule has 0 spiro atoms. The van der Waals surface area contributed by atoms with Gasteiger partial charge in [-0.3, -0.25) is 4.79 Å². The molecule has 19 heavy (non-hydrogen) atoms. The lowest BCUT2D eigenvalue weighted by molar-refractivity contribution is 0.100. The Morgan fingerprint density at radius 2 is 1.84 bits per heavy atom. The third kappa shape index (κ3) is 2.68. The summed E-state index contributed by atoms with van der Waals surface area (Å²) >= 11 is 0. The Morgan fingerprint density at radius 3 is 2.47 bits per heavy atom. The van der Waals surface area contributed by atoms with Crippen molar-refractivity contribution in [2.75, 3.05) is 14.2 Å². The second kappa shape index (κ2) is 5.44. The summed E-state index contributed by atoms with van der Waals surface area (Å²) in [6.45, 7) is 0. The molecule has 0 atom stereocenters. The monoisotopic (exact) mass is 257 g/mol. The molecule has 4 heteroatoms. The fourth-order valence-electron chi connectivity index (χ4n) is 1.88. The van der Waals surface area contributed by atoms with E-state index in [1.165, 1.54) is 0 Å². The molecule has 0 fully saturated rings. The standard InChI is InChI=1S/C15H15NO3/c1-18-12-6-7-13(14(9-12)19-2)10-4-3-5-11(8-10)15(16)17/h3-9H,1-2H3,(H2,16,17). The molecule has 0 unspecified atom stereocenters. The zero-order valence-electron chi connectivity index (χ0n) is 10.8. The molecule has 2 aromatic rings. The van der Waals surface area contributed by atoms with Crippen LogP contribution in [0.5, 0.6) is 11.5 Å². The maximum Gasteiger partial charge on any atom is 0.248 e. The van der Waals surface area contributed by atoms with Crippen LogP contribution in [0, 0.1) is 0 Å². The van der Waals surface area contributed by atoms with Crippen molar-refractivity contribution in [3.8, 4) is 22.6 Å². The van der Waals surface area contributed by atoms with E-state index in [0.717, 1.165) is 11.1 Å². The lowest BCUT2D eigenvalue weighted by Gasteiger charge is -2.11. The minimum Gasteiger partial charge on any atom is -0.497 e. The Hall–Kier alpha value is -2.49. The summed E-state index contributed by atoms with van der Waals surface area (Å²) in [5.74, 6) is 0.946. The molecule has 0 aliphatic carbocycles. The molecule has 0 bridgehead atoms. The van der Waals surface area contributed by atoms with Gasteiger partial charge in [-0.15, -0.1) is 0 Å². The van der Waals surface area contributed by atoms with Crippen molar-refractivity contribution in [2.45, 2.75) is 0 Å². The summed E-state index contributed by atoms with van der Waals surface area (Å²) in [6.07, 6.45) is 0. The van der Waals surface area contributed by atoms with Crippen molar-refractivity contribution >= 4 is 5.91 Å². The van der Waals surface area contributed by atoms with Gasteiger partial charge in [-0.2, -0.15) is 0 Å². The molecule has 0 saturated heterocycles. The van der Waals surface area contributed by atoms with Crippen LogP contribution in [0.4, 0.5) is 0 Å². The number of carbonyl (C=O) groups is 1. The second-order valence-corrected chi connectivity index (χ2v) is 4.01. The third-order valence-corrected chi connectivity index (χ3v) is 2.87. The molecule has 4 nitrogen and oxygen atoms in total. The Kier molecular flexibility index (Phi) is 3.71. The van der Waals surface area contributed by atoms with Crippen LogP contribution >= 0.6 is 0 Å². The summed E-state index contributed by atoms with van der Waals surface area (Å²) in [5, 5.41) is 0. The molecule has 1 amide bonds. The normalized spacial score (nSPS) is 10.0. The van der Waals surface area contributed by atoms with Gasteiger partial charge >= 0.3 is 0 Å². The van der Waals surface area contributed by atoms with Crippen LogP contribution < -0.4 is 15.2 Å². The number of methoxy groups -OCH3 is 2. The Labute approximate surface area is 111 Å². The maximum atomic E-state index is 11.2. The molecule has 0 saturated carbocycles. The zero-order chi connectivity index (χ0) is 13.8. The van der Waals surface area contributed by atoms with Crippen LogP contribution in [0.25, 0.3) is 11.1 Å². The third-order valence-electron chi connectivity index (χ3n) is 2.87. The van der Waals surface area contributed by atoms with Gasteiger partial charge in [-0.1, -0.05) is 12.1 Å². The van der Waals surface area contributed by atoms with Crippen molar-refractivity contribution in [1.29, 1.82) is 0 Å². The number of rotatable bonds is 4. The van der Waals surface area contributed by atoms with Gasteiger partial charge in [0.05, 0.1) is 14.2 Å². The van der Waals surface area contributed by atoms with E-state index in [4.69, 9.17) is 15.2 Å². The summed E-state index contributed by atoms with van der Waals surface area (Å²) < 4.78 is 10.5. The van der Waals surface area contributed by atoms with Gasteiger partial charge < -0.3 is 15.2 Å². The van der Waals surface area contributed by atoms with Crippen molar-refractivity contribution in [2.24, 2.45) is 5.73 Å². The predicted molar refractivity (Wildman–Crippen MR) is 73.5 cm³/mol. The van der Waals surface area contributed by atoms with Crippen molar-refractivity contribution in [3.63, 3.8) is 0 Å². The first-order valence-electron chi connectivity index (χ1n) is 5.78. The summed E-state index contributed by atoms with van der Waals surface area (Å²) in [7, 11) is 3.19. The lowest BCUT2D eigenvalue weighted by Crippen LogP contribution is -2.10. The van der Waals surface area contributed by atoms with Crippen LogP contribution in [0.1, 0.15) is 10.4 Å². The average molecular weight is 257 g/mol. The van der Waals surface area contributed by atoms with Crippen LogP contribution in [-0.4, -0.2) is 20.1 Å². The SMILES string of the molecule is COc1ccc(-c2cccc(C(N)=O)c2)c(OC)c1. The van der Waals surface area contributed by atoms with Gasteiger partial charge in [0.25, 0.3) is 0 Å². The number of benzene rings is 2. The highest BCUT2D eigenvalue weighted by molar-refractivity contribution is 5.94. The Bertz CT molecular complexity index is 608. The fraction of sp³-hybridized carbons (Fsp3) is 0.133. The van der Waals surface area contributed by atoms with E-state index in [0.29, 0.717) is 17.1 Å². The molecular weight excluding hydrogens is 242 g/mol. The van der Waals surface area contributed by atoms with Gasteiger partial charge in [0, 0.05) is 17.2 Å². The highest BCUT2D eigenvalue weighted by atomic mass is 16.5. The van der Waals surface area contributed by atoms with Crippen LogP contribution in [0.15, 0.2) is 42.5 Å². The molecule has 0 aliphatic heterocycles. The fourth-order valence-corrected chi connectivity index (χ4v) is 1.88. The van der Waals surface area contributed by atoms with Crippen molar-refractivity contribution < 1.29 is 14.3 Å². The number of hydrogen-bond donors (Lipinski definition) is 1. The van der Waals surface area contributed by atoms with Crippen LogP contribution in [0.3, 0.4) is 0 Å². The van der Waals surface area contributed by atoms with Gasteiger partial charge in [0.1, 0.15) is 11.5 Å². The van der Waals surface area contributed by atoms with Crippen LogP contribution in [0.2, 0.25) is 0 Å². The maximum absolute atomic E-state index is 11.2. The molecule has 0 heterocycles. The van der Waals surface area contributed by atoms with E-state index in [-0.39, 0.29) is 0 Å². The van der Waals surface area contributed by atoms with Crippen molar-refractivity contribution in [1.82, 2.24) is 0 Å². The van der Waals surface area contributed by atoms with Crippen LogP contribution in [-0.2, 0) is 0 Å². The number of carbonyl (C=O) groups excluding carboxylic acids is 1. The predicted octanol–water partition coefficient (Wildman–Crippen LogP) is 2.47. The first-order chi connectivity index (χ1) is 9.15. The van der Waals surface area contributed by atoms with Gasteiger partial charge in [-0.25, -0.2) is 0 Å². The van der Waals surface area contributed by atoms with E-state index in [1.54, 1.807) is 38.5 Å². The number of nitrogens with two attached hydrogens (primary N) is 1. The number of hydrogen-bond acceptors (Lipinski definition) is 3. The molecule has 2 rings (SSSR count). The zero-order valence-corrected chi connectivity index (χ0v) is 10.8. The summed E-state index contributed by atoms with van der Waals surface area (Å²) in [6, 6.07) is 12.6. The minimum atomic E-state index is -0.450. The number of ether oxygens (including phenoxy) is 2. The lowest BCUT2D eigenvalue weighted by atomic mass is 10.0. The Balaban J connectivity index is 2.52. The van der Waals surface area contributed by atoms with Crippen molar-refractivity contribution in [3.05, 3.63) is 48.0 Å². The highest BCUT2D eigenvalue weighted by Crippen LogP contribution is 2.33. The molecule has 2 aromatic carbocycles. The summed E-state index contributed by atoms with van der Waals surface area (Å²) in [5.41, 5.74) is 7.51. The van der Waals surface area contributed by atoms with Gasteiger partial charge in [0.2, 0.25) is 5.91 Å². The first kappa shape index (κ1) is 13.0. The molecule has 0 aliphatic rings. The molecule has 0 radical (unpaired) electrons. The van der Waals surface area contributed by atoms with E-state index in [1.807, 2.05) is 18.2 Å². The average Bonchev–Trinajstić information content (AvgIpc) is 2.46. The minimum absolute atomic E-state index is 0.450. The number of primary amides is 1. The first-order valence-corrected chi connectivity index (χ1v) is 5.78. The van der Waals surface area contributed by atoms with E-state index in [2.05, 4.69) is 0 Å². The van der Waals surface area contributed by atoms with Gasteiger partial charge in [-0.05, 0) is 29.8 Å².